The highest BCUT2D eigenvalue weighted by atomic mass is 32.1. The predicted molar refractivity (Wildman–Crippen MR) is 509 cm³/mol. The summed E-state index contributed by atoms with van der Waals surface area (Å²) in [4.78, 5) is 15.0. The van der Waals surface area contributed by atoms with E-state index in [-0.39, 0.29) is 0 Å². The lowest BCUT2D eigenvalue weighted by Crippen LogP contribution is -1.93. The van der Waals surface area contributed by atoms with Gasteiger partial charge in [0.2, 0.25) is 0 Å². The van der Waals surface area contributed by atoms with Gasteiger partial charge >= 0.3 is 0 Å². The molecule has 0 N–H and O–H groups in total. The molecule has 121 heavy (non-hydrogen) atoms. The molecule has 0 atom stereocenters. The molecule has 0 saturated heterocycles. The van der Waals surface area contributed by atoms with Crippen LogP contribution in [0.1, 0.15) is 0 Å². The Bertz CT molecular complexity index is 8400. The molecule has 17 aromatic carbocycles. The smallest absolute Gasteiger partial charge is 0.154 e. The van der Waals surface area contributed by atoms with Crippen LogP contribution in [-0.2, 0) is 0 Å². The van der Waals surface area contributed by atoms with Gasteiger partial charge in [-0.1, -0.05) is 212 Å². The molecule has 27 rings (SSSR count). The van der Waals surface area contributed by atoms with Gasteiger partial charge in [0, 0.05) is 96.2 Å². The monoisotopic (exact) mass is 1580 g/mol. The number of para-hydroxylation sites is 7. The van der Waals surface area contributed by atoms with Crippen molar-refractivity contribution in [2.45, 2.75) is 0 Å². The number of hydrogen-bond acceptors (Lipinski definition) is 8. The molecule has 10 aromatic heterocycles. The zero-order valence-electron chi connectivity index (χ0n) is 64.8. The minimum Gasteiger partial charge on any atom is -0.456 e. The first kappa shape index (κ1) is 68.6. The van der Waals surface area contributed by atoms with Crippen LogP contribution in [0.3, 0.4) is 0 Å². The molecule has 0 unspecified atom stereocenters. The molecule has 0 bridgehead atoms. The van der Waals surface area contributed by atoms with Crippen LogP contribution in [0, 0.1) is 0 Å². The minimum absolute atomic E-state index is 0.822. The lowest BCUT2D eigenvalue weighted by molar-refractivity contribution is 0.668. The van der Waals surface area contributed by atoms with E-state index >= 15 is 0 Å². The molecular weight excluding hydrogens is 1520 g/mol. The second kappa shape index (κ2) is 27.5. The van der Waals surface area contributed by atoms with Gasteiger partial charge in [-0.25, -0.2) is 15.0 Å². The molecule has 0 aliphatic rings. The number of hydrogen-bond donors (Lipinski definition) is 0. The van der Waals surface area contributed by atoms with Crippen molar-refractivity contribution < 1.29 is 13.3 Å². The Hall–Kier alpha value is -15.6. The summed E-state index contributed by atoms with van der Waals surface area (Å²) in [5.41, 5.74) is 30.3. The Morgan fingerprint density at radius 1 is 0.182 bits per heavy atom. The van der Waals surface area contributed by atoms with Crippen LogP contribution in [0.5, 0.6) is 0 Å². The SMILES string of the molecule is c1ccc2c(c1)oc1cc3cc(-c4ccc(-n5c6ccccc6c6ccccc65)cc4)ccc3nc12.c1ccc2c(c1)oc1ccc(-c3cc(-c4ccc5nc6c(cc5c4)sc4ccccc46)cc(-c4ccc5oc6ccccc6c5c4)c3)cc12.c1ccc2c(c1)sc1cc3cc(-c4ccc(-n5c6ccccc6c6ccccc65)cc4)ccc3nc12. The average Bonchev–Trinajstić information content (AvgIpc) is 1.60. The fourth-order valence-electron chi connectivity index (χ4n) is 18.4. The highest BCUT2D eigenvalue weighted by Gasteiger charge is 2.20. The largest absolute Gasteiger partial charge is 0.456 e. The lowest BCUT2D eigenvalue weighted by Gasteiger charge is -2.12. The van der Waals surface area contributed by atoms with Crippen LogP contribution in [0.25, 0.3) is 250 Å². The van der Waals surface area contributed by atoms with Crippen molar-refractivity contribution in [2.75, 3.05) is 0 Å². The maximum atomic E-state index is 6.17. The van der Waals surface area contributed by atoms with E-state index < -0.39 is 0 Å². The molecule has 10 heterocycles. The average molecular weight is 1580 g/mol. The molecule has 0 aliphatic heterocycles. The number of fused-ring (bicyclic) bond motifs is 24. The van der Waals surface area contributed by atoms with Gasteiger partial charge in [-0.15, -0.1) is 22.7 Å². The van der Waals surface area contributed by atoms with Crippen molar-refractivity contribution >= 4 is 206 Å². The third kappa shape index (κ3) is 11.5. The highest BCUT2D eigenvalue weighted by molar-refractivity contribution is 7.26. The van der Waals surface area contributed by atoms with Crippen LogP contribution < -0.4 is 0 Å². The van der Waals surface area contributed by atoms with Crippen LogP contribution >= 0.6 is 22.7 Å². The molecule has 0 spiro atoms. The second-order valence-corrected chi connectivity index (χ2v) is 33.4. The molecule has 0 aliphatic carbocycles. The molecule has 27 aromatic rings. The third-order valence-electron chi connectivity index (χ3n) is 24.2. The van der Waals surface area contributed by atoms with Crippen molar-refractivity contribution in [3.8, 4) is 67.0 Å². The maximum absolute atomic E-state index is 6.17. The van der Waals surface area contributed by atoms with Crippen molar-refractivity contribution in [3.63, 3.8) is 0 Å². The molecule has 10 heteroatoms. The Kier molecular flexibility index (Phi) is 15.6. The van der Waals surface area contributed by atoms with Gasteiger partial charge in [0.15, 0.2) is 5.58 Å². The summed E-state index contributed by atoms with van der Waals surface area (Å²) < 4.78 is 28.1. The van der Waals surface area contributed by atoms with Gasteiger partial charge in [-0.05, 0) is 238 Å². The summed E-state index contributed by atoms with van der Waals surface area (Å²) in [5.74, 6) is 0. The van der Waals surface area contributed by atoms with E-state index in [0.29, 0.717) is 0 Å². The molecule has 8 nitrogen and oxygen atoms in total. The van der Waals surface area contributed by atoms with E-state index in [1.807, 2.05) is 53.8 Å². The Morgan fingerprint density at radius 2 is 0.479 bits per heavy atom. The van der Waals surface area contributed by atoms with Crippen LogP contribution in [0.15, 0.2) is 408 Å². The van der Waals surface area contributed by atoms with E-state index in [2.05, 4.69) is 361 Å². The summed E-state index contributed by atoms with van der Waals surface area (Å²) in [5, 5.41) is 16.5. The molecule has 564 valence electrons. The summed E-state index contributed by atoms with van der Waals surface area (Å²) in [7, 11) is 0. The Morgan fingerprint density at radius 3 is 0.901 bits per heavy atom. The topological polar surface area (TPSA) is 88.0 Å². The zero-order valence-corrected chi connectivity index (χ0v) is 66.4. The summed E-state index contributed by atoms with van der Waals surface area (Å²) in [6.45, 7) is 0. The maximum Gasteiger partial charge on any atom is 0.154 e. The first-order valence-corrected chi connectivity index (χ1v) is 42.4. The first-order chi connectivity index (χ1) is 59.9. The molecule has 0 saturated carbocycles. The fourth-order valence-corrected chi connectivity index (χ4v) is 20.6. The summed E-state index contributed by atoms with van der Waals surface area (Å²) >= 11 is 3.62. The number of thiophene rings is 2. The van der Waals surface area contributed by atoms with E-state index in [0.717, 1.165) is 149 Å². The van der Waals surface area contributed by atoms with Crippen molar-refractivity contribution in [3.05, 3.63) is 394 Å². The predicted octanol–water partition coefficient (Wildman–Crippen LogP) is 31.7. The number of nitrogens with zero attached hydrogens (tertiary/aromatic N) is 5. The number of aromatic nitrogens is 5. The third-order valence-corrected chi connectivity index (χ3v) is 26.4. The van der Waals surface area contributed by atoms with Gasteiger partial charge < -0.3 is 22.4 Å². The van der Waals surface area contributed by atoms with Crippen LogP contribution in [0.2, 0.25) is 0 Å². The second-order valence-electron chi connectivity index (χ2n) is 31.3. The van der Waals surface area contributed by atoms with Crippen LogP contribution in [-0.4, -0.2) is 24.1 Å². The van der Waals surface area contributed by atoms with Gasteiger partial charge in [0.1, 0.15) is 33.4 Å². The molecule has 0 fully saturated rings. The van der Waals surface area contributed by atoms with Gasteiger partial charge in [-0.3, -0.25) is 0 Å². The van der Waals surface area contributed by atoms with Crippen molar-refractivity contribution in [1.82, 2.24) is 24.1 Å². The molecule has 0 amide bonds. The summed E-state index contributed by atoms with van der Waals surface area (Å²) in [6.07, 6.45) is 0. The molecular formula is C111H65N5O3S2. The van der Waals surface area contributed by atoms with Crippen LogP contribution in [0.4, 0.5) is 0 Å². The number of furan rings is 3. The molecule has 0 radical (unpaired) electrons. The fraction of sp³-hybridized carbons (Fsp3) is 0. The van der Waals surface area contributed by atoms with E-state index in [1.165, 1.54) is 101 Å². The first-order valence-electron chi connectivity index (χ1n) is 40.7. The summed E-state index contributed by atoms with van der Waals surface area (Å²) in [6, 6.07) is 140. The lowest BCUT2D eigenvalue weighted by atomic mass is 9.92. The highest BCUT2D eigenvalue weighted by Crippen LogP contribution is 2.44. The zero-order chi connectivity index (χ0) is 79.3. The van der Waals surface area contributed by atoms with Crippen molar-refractivity contribution in [1.29, 1.82) is 0 Å². The standard InChI is InChI=1S/C45H25NO2S.C33H20N2O.C33H20N2S/c1-4-10-39-33(7-1)36-23-27(14-17-41(36)47-39)30-20-29(21-31(22-30)28-15-18-42-37(24-28)34-8-2-5-11-40(34)48-42)26-13-16-38-32(19-26)25-44-45(46-38)35-9-3-6-12-43(35)49-44;2*1-4-10-29-25(7-1)26-8-2-5-11-30(26)35(29)24-16-13-21(14-17-24)22-15-18-28-23(19-22)20-32-33(34-28)27-9-3-6-12-31(27)36-32/h1-25H;2*1-20H. The van der Waals surface area contributed by atoms with Gasteiger partial charge in [0.05, 0.1) is 59.1 Å². The van der Waals surface area contributed by atoms with Gasteiger partial charge in [-0.2, -0.15) is 0 Å². The normalized spacial score (nSPS) is 12.0. The number of benzene rings is 17. The van der Waals surface area contributed by atoms with E-state index in [1.54, 1.807) is 11.3 Å². The quantitative estimate of drug-likeness (QED) is 0.158. The van der Waals surface area contributed by atoms with Crippen molar-refractivity contribution in [2.24, 2.45) is 0 Å². The number of pyridine rings is 3. The van der Waals surface area contributed by atoms with Gasteiger partial charge in [0.25, 0.3) is 0 Å². The minimum atomic E-state index is 0.822. The van der Waals surface area contributed by atoms with E-state index in [9.17, 15) is 0 Å². The van der Waals surface area contributed by atoms with E-state index in [4.69, 9.17) is 28.2 Å². The Labute approximate surface area is 699 Å². The Balaban J connectivity index is 0.000000102. The number of rotatable bonds is 7.